The molecule has 3 aliphatic rings. The van der Waals surface area contributed by atoms with Crippen LogP contribution in [0.4, 0.5) is 10.5 Å². The number of carbonyl (C=O) groups excluding carboxylic acids is 3. The fraction of sp³-hybridized carbons (Fsp3) is 0.282. The van der Waals surface area contributed by atoms with E-state index in [2.05, 4.69) is 0 Å². The van der Waals surface area contributed by atoms with Crippen molar-refractivity contribution in [2.24, 2.45) is 5.92 Å². The van der Waals surface area contributed by atoms with Gasteiger partial charge in [-0.05, 0) is 40.5 Å². The van der Waals surface area contributed by atoms with E-state index in [1.165, 1.54) is 7.11 Å². The maximum Gasteiger partial charge on any atom is 0.421 e. The van der Waals surface area contributed by atoms with Crippen LogP contribution in [0.1, 0.15) is 40.4 Å². The highest BCUT2D eigenvalue weighted by molar-refractivity contribution is 6.23. The van der Waals surface area contributed by atoms with Crippen LogP contribution < -0.4 is 9.64 Å². The molecule has 7 rings (SSSR count). The number of esters is 1. The summed E-state index contributed by atoms with van der Waals surface area (Å²) in [5.41, 5.74) is 0.213. The van der Waals surface area contributed by atoms with Gasteiger partial charge in [-0.3, -0.25) is 19.3 Å². The molecule has 12 nitrogen and oxygen atoms in total. The molecule has 3 heterocycles. The second-order valence-corrected chi connectivity index (χ2v) is 12.5. The lowest BCUT2D eigenvalue weighted by Crippen LogP contribution is -2.53. The van der Waals surface area contributed by atoms with Crippen LogP contribution in [0.2, 0.25) is 0 Å². The Labute approximate surface area is 293 Å². The Morgan fingerprint density at radius 3 is 2.16 bits per heavy atom. The van der Waals surface area contributed by atoms with E-state index in [4.69, 9.17) is 18.9 Å². The van der Waals surface area contributed by atoms with E-state index < -0.39 is 59.5 Å². The molecule has 12 heteroatoms. The molecule has 0 unspecified atom stereocenters. The molecular weight excluding hydrogens is 656 g/mol. The summed E-state index contributed by atoms with van der Waals surface area (Å²) in [6.07, 6.45) is -1.90. The Kier molecular flexibility index (Phi) is 9.30. The van der Waals surface area contributed by atoms with Crippen LogP contribution in [0, 0.1) is 5.92 Å². The van der Waals surface area contributed by atoms with Gasteiger partial charge in [0.05, 0.1) is 31.0 Å². The van der Waals surface area contributed by atoms with Gasteiger partial charge < -0.3 is 29.2 Å². The van der Waals surface area contributed by atoms with E-state index in [1.54, 1.807) is 53.4 Å². The molecule has 0 aliphatic carbocycles. The molecule has 3 aliphatic heterocycles. The van der Waals surface area contributed by atoms with Gasteiger partial charge in [-0.25, -0.2) is 9.69 Å². The van der Waals surface area contributed by atoms with Crippen molar-refractivity contribution in [3.8, 4) is 5.75 Å². The first-order valence-electron chi connectivity index (χ1n) is 16.6. The summed E-state index contributed by atoms with van der Waals surface area (Å²) in [6, 6.07) is 28.3. The van der Waals surface area contributed by atoms with E-state index in [1.807, 2.05) is 60.7 Å². The minimum absolute atomic E-state index is 0.0126. The van der Waals surface area contributed by atoms with Crippen molar-refractivity contribution in [3.05, 3.63) is 131 Å². The fourth-order valence-electron chi connectivity index (χ4n) is 8.04. The number of rotatable bonds is 10. The van der Waals surface area contributed by atoms with E-state index in [9.17, 15) is 24.6 Å². The summed E-state index contributed by atoms with van der Waals surface area (Å²) in [5.74, 6) is -4.44. The topological polar surface area (TPSA) is 152 Å². The van der Waals surface area contributed by atoms with Gasteiger partial charge in [-0.2, -0.15) is 0 Å². The van der Waals surface area contributed by atoms with Crippen LogP contribution >= 0.6 is 0 Å². The number of carbonyl (C=O) groups is 4. The average molecular weight is 693 g/mol. The van der Waals surface area contributed by atoms with Crippen molar-refractivity contribution in [1.82, 2.24) is 4.90 Å². The highest BCUT2D eigenvalue weighted by atomic mass is 16.6. The molecule has 0 radical (unpaired) electrons. The largest absolute Gasteiger partial charge is 0.491 e. The zero-order chi connectivity index (χ0) is 35.7. The van der Waals surface area contributed by atoms with Crippen LogP contribution in [-0.2, 0) is 34.0 Å². The van der Waals surface area contributed by atoms with Crippen molar-refractivity contribution < 1.29 is 48.3 Å². The Balaban J connectivity index is 1.53. The van der Waals surface area contributed by atoms with Crippen molar-refractivity contribution >= 4 is 29.6 Å². The predicted molar refractivity (Wildman–Crippen MR) is 182 cm³/mol. The highest BCUT2D eigenvalue weighted by Gasteiger charge is 2.76. The van der Waals surface area contributed by atoms with Crippen LogP contribution in [0.15, 0.2) is 109 Å². The first-order chi connectivity index (χ1) is 24.8. The molecule has 2 saturated heterocycles. The third-order valence-electron chi connectivity index (χ3n) is 9.86. The zero-order valence-corrected chi connectivity index (χ0v) is 27.7. The van der Waals surface area contributed by atoms with Gasteiger partial charge in [0, 0.05) is 7.11 Å². The van der Waals surface area contributed by atoms with Gasteiger partial charge in [0.1, 0.15) is 42.4 Å². The van der Waals surface area contributed by atoms with Crippen molar-refractivity contribution in [3.63, 3.8) is 0 Å². The number of aliphatic hydroxyl groups excluding tert-OH is 1. The summed E-state index contributed by atoms with van der Waals surface area (Å²) in [7, 11) is 1.44. The van der Waals surface area contributed by atoms with Gasteiger partial charge in [-0.15, -0.1) is 0 Å². The molecule has 2 amide bonds. The van der Waals surface area contributed by atoms with E-state index in [0.29, 0.717) is 16.9 Å². The molecule has 4 aromatic carbocycles. The number of para-hydroxylation sites is 1. The van der Waals surface area contributed by atoms with E-state index in [0.717, 1.165) is 10.5 Å². The fourth-order valence-corrected chi connectivity index (χ4v) is 8.04. The first-order valence-corrected chi connectivity index (χ1v) is 16.6. The second kappa shape index (κ2) is 14.0. The second-order valence-electron chi connectivity index (χ2n) is 12.5. The Morgan fingerprint density at radius 1 is 0.804 bits per heavy atom. The average Bonchev–Trinajstić information content (AvgIpc) is 3.61. The smallest absolute Gasteiger partial charge is 0.421 e. The number of ether oxygens (including phenoxy) is 4. The zero-order valence-electron chi connectivity index (χ0n) is 27.7. The Bertz CT molecular complexity index is 1940. The SMILES string of the molecule is COCCOC(=O)N1C(=O)[C@@]2(c3ccccc31)[C@H](C(=O)O)[C@H]1C(=O)O[C@H](c3ccccc3)[C@H](c3ccccc3)N1[C@@H]2c1cccc(OCCO)c1. The summed E-state index contributed by atoms with van der Waals surface area (Å²) >= 11 is 0. The lowest BCUT2D eigenvalue weighted by atomic mass is 9.65. The number of benzene rings is 4. The van der Waals surface area contributed by atoms with E-state index in [-0.39, 0.29) is 37.7 Å². The number of carboxylic acids is 1. The lowest BCUT2D eigenvalue weighted by molar-refractivity contribution is -0.179. The molecule has 0 aromatic heterocycles. The van der Waals surface area contributed by atoms with E-state index >= 15 is 4.79 Å². The van der Waals surface area contributed by atoms with Gasteiger partial charge in [-0.1, -0.05) is 91.0 Å². The number of carboxylic acid groups (broad SMARTS) is 1. The number of nitrogens with zero attached hydrogens (tertiary/aromatic N) is 2. The number of amides is 2. The van der Waals surface area contributed by atoms with Gasteiger partial charge in [0.15, 0.2) is 0 Å². The van der Waals surface area contributed by atoms with Crippen molar-refractivity contribution in [2.75, 3.05) is 38.4 Å². The normalized spacial score (nSPS) is 25.3. The number of anilines is 1. The molecular formula is C39H36N2O10. The monoisotopic (exact) mass is 692 g/mol. The molecule has 2 N–H and O–H groups in total. The molecule has 0 bridgehead atoms. The quantitative estimate of drug-likeness (QED) is 0.177. The van der Waals surface area contributed by atoms with Crippen LogP contribution in [0.25, 0.3) is 0 Å². The number of fused-ring (bicyclic) bond motifs is 3. The first kappa shape index (κ1) is 33.9. The minimum Gasteiger partial charge on any atom is -0.491 e. The molecule has 6 atom stereocenters. The number of aliphatic hydroxyl groups is 1. The number of aliphatic carboxylic acids is 1. The number of hydrogen-bond acceptors (Lipinski definition) is 10. The number of methoxy groups -OCH3 is 1. The van der Waals surface area contributed by atoms with Crippen LogP contribution in [0.3, 0.4) is 0 Å². The number of imide groups is 1. The van der Waals surface area contributed by atoms with Crippen molar-refractivity contribution in [1.29, 1.82) is 0 Å². The summed E-state index contributed by atoms with van der Waals surface area (Å²) in [4.78, 5) is 60.0. The van der Waals surface area contributed by atoms with Gasteiger partial charge in [0.25, 0.3) is 0 Å². The van der Waals surface area contributed by atoms with Gasteiger partial charge >= 0.3 is 18.0 Å². The molecule has 4 aromatic rings. The van der Waals surface area contributed by atoms with Crippen molar-refractivity contribution in [2.45, 2.75) is 29.6 Å². The van der Waals surface area contributed by atoms with Crippen LogP contribution in [0.5, 0.6) is 5.75 Å². The third kappa shape index (κ3) is 5.52. The lowest BCUT2D eigenvalue weighted by Gasteiger charge is -2.46. The standard InChI is InChI=1S/C39H36N2O10/c1-48-21-22-50-38(47)40-29-18-9-8-17-28(29)39(37(40)46)30(35(43)44)32-36(45)51-33(25-13-6-3-7-14-25)31(24-11-4-2-5-12-24)41(32)34(39)26-15-10-16-27(23-26)49-20-19-42/h2-18,23,30-34,42H,19-22H2,1H3,(H,43,44)/t30-,31-,32-,33+,34+,39-/m0/s1. The summed E-state index contributed by atoms with van der Waals surface area (Å²) < 4.78 is 22.5. The van der Waals surface area contributed by atoms with Gasteiger partial charge in [0.2, 0.25) is 5.91 Å². The minimum atomic E-state index is -2.04. The molecule has 51 heavy (non-hydrogen) atoms. The maximum atomic E-state index is 15.3. The third-order valence-corrected chi connectivity index (χ3v) is 9.86. The molecule has 262 valence electrons. The number of hydrogen-bond donors (Lipinski definition) is 2. The Hall–Kier alpha value is -5.56. The van der Waals surface area contributed by atoms with Crippen LogP contribution in [-0.4, -0.2) is 78.6 Å². The predicted octanol–water partition coefficient (Wildman–Crippen LogP) is 4.59. The number of cyclic esters (lactones) is 1. The summed E-state index contributed by atoms with van der Waals surface area (Å²) in [5, 5.41) is 20.7. The molecule has 0 saturated carbocycles. The Morgan fingerprint density at radius 2 is 1.47 bits per heavy atom. The maximum absolute atomic E-state index is 15.3. The highest BCUT2D eigenvalue weighted by Crippen LogP contribution is 2.65. The summed E-state index contributed by atoms with van der Waals surface area (Å²) in [6.45, 7) is -0.343. The molecule has 1 spiro atoms. The number of morpholine rings is 1. The molecule has 2 fully saturated rings.